The lowest BCUT2D eigenvalue weighted by Gasteiger charge is -2.41. The number of carbonyl (C=O) groups excluding carboxylic acids is 9. The fraction of sp³-hybridized carbons (Fsp3) is 0.636. The van der Waals surface area contributed by atoms with E-state index in [-0.39, 0.29) is 85.9 Å². The second-order valence-electron chi connectivity index (χ2n) is 26.1. The van der Waals surface area contributed by atoms with Gasteiger partial charge < -0.3 is 66.4 Å². The van der Waals surface area contributed by atoms with Crippen molar-refractivity contribution in [2.75, 3.05) is 39.7 Å². The number of carbonyl (C=O) groups is 9. The van der Waals surface area contributed by atoms with Gasteiger partial charge in [-0.05, 0) is 119 Å². The van der Waals surface area contributed by atoms with E-state index in [4.69, 9.17) is 24.7 Å². The van der Waals surface area contributed by atoms with E-state index in [9.17, 15) is 43.2 Å². The molecule has 0 unspecified atom stereocenters. The van der Waals surface area contributed by atoms with Crippen LogP contribution >= 0.6 is 11.3 Å². The molecule has 3 aliphatic rings. The number of urea groups is 1. The van der Waals surface area contributed by atoms with Crippen molar-refractivity contribution in [2.45, 2.75) is 206 Å². The standard InChI is InChI=1S/C66H99N11O13S/c1-14-40(6)54(50(87-12)36-51(78)76-32-19-23-49(76)56(88-13)41(7)57(79)72-48(61-68-31-33-91-61)34-42-20-16-15-17-21-42)75(11)62(83)53(39(4)5)73-60(82)55-44-26-29-46(35-44)77(55)65(86)89-37-43-24-27-45(28-25-43)70-58(80)47(22-18-30-69-63(67)84)71-59(81)52(38(2)3)74-64(85)90-66(8,9)10/h15-17,20-21,24-25,27-28,31,33,38-41,44,46-50,52-56H,14,18-19,22-23,26,29-30,32,34-37H2,1-13H3,(H,70,80)(H,71,81)(H,72,79)(H,73,82)(H,74,85)(H3,67,69,84)/t40-,41+,44-,46+,47-,48-,49-,50+,52-,53-,54-,55-,56+/m0/s1. The van der Waals surface area contributed by atoms with Gasteiger partial charge in [0.25, 0.3) is 0 Å². The molecule has 3 fully saturated rings. The molecule has 91 heavy (non-hydrogen) atoms. The molecular weight excluding hydrogens is 1190 g/mol. The molecule has 2 bridgehead atoms. The number of methoxy groups -OCH3 is 2. The molecule has 2 aromatic carbocycles. The van der Waals surface area contributed by atoms with Gasteiger partial charge in [-0.3, -0.25) is 33.7 Å². The predicted molar refractivity (Wildman–Crippen MR) is 345 cm³/mol. The average molecular weight is 1290 g/mol. The summed E-state index contributed by atoms with van der Waals surface area (Å²) in [5, 5.41) is 19.6. The first-order valence-electron chi connectivity index (χ1n) is 32.0. The Balaban J connectivity index is 1.07. The van der Waals surface area contributed by atoms with Gasteiger partial charge in [0.05, 0.1) is 42.7 Å². The quantitative estimate of drug-likeness (QED) is 0.0313. The first-order chi connectivity index (χ1) is 43.2. The molecule has 13 atom stereocenters. The number of hydrogen-bond donors (Lipinski definition) is 7. The molecule has 10 amide bonds. The fourth-order valence-corrected chi connectivity index (χ4v) is 13.5. The van der Waals surface area contributed by atoms with Gasteiger partial charge in [0, 0.05) is 57.7 Å². The lowest BCUT2D eigenvalue weighted by molar-refractivity contribution is -0.148. The number of nitrogens with two attached hydrogens (primary N) is 1. The number of hydrogen-bond acceptors (Lipinski definition) is 15. The number of fused-ring (bicyclic) bond motifs is 2. The first-order valence-corrected chi connectivity index (χ1v) is 32.9. The van der Waals surface area contributed by atoms with Crippen LogP contribution in [0.25, 0.3) is 0 Å². The molecule has 1 aromatic heterocycles. The van der Waals surface area contributed by atoms with E-state index in [0.717, 1.165) is 10.6 Å². The summed E-state index contributed by atoms with van der Waals surface area (Å²) >= 11 is 1.48. The van der Waals surface area contributed by atoms with Gasteiger partial charge >= 0.3 is 18.2 Å². The maximum Gasteiger partial charge on any atom is 0.411 e. The number of benzene rings is 2. The van der Waals surface area contributed by atoms with Crippen molar-refractivity contribution in [3.63, 3.8) is 0 Å². The van der Waals surface area contributed by atoms with Gasteiger partial charge in [-0.1, -0.05) is 97.4 Å². The molecule has 1 saturated carbocycles. The Kier molecular flexibility index (Phi) is 27.0. The monoisotopic (exact) mass is 1290 g/mol. The van der Waals surface area contributed by atoms with Gasteiger partial charge in [0.15, 0.2) is 0 Å². The maximum atomic E-state index is 14.9. The molecule has 2 saturated heterocycles. The number of alkyl carbamates (subject to hydrolysis) is 1. The van der Waals surface area contributed by atoms with Gasteiger partial charge in [-0.25, -0.2) is 19.4 Å². The normalized spacial score (nSPS) is 20.0. The number of nitrogens with one attached hydrogen (secondary N) is 6. The number of nitrogens with zero attached hydrogens (tertiary/aromatic N) is 4. The number of likely N-dealkylation sites (N-methyl/N-ethyl adjacent to an activating group) is 1. The van der Waals surface area contributed by atoms with Crippen LogP contribution in [0.15, 0.2) is 66.2 Å². The number of piperidine rings is 1. The summed E-state index contributed by atoms with van der Waals surface area (Å²) in [6, 6.07) is 10.1. The molecule has 24 nitrogen and oxygen atoms in total. The Morgan fingerprint density at radius 2 is 1.51 bits per heavy atom. The number of thiazole rings is 1. The number of aromatic nitrogens is 1. The fourth-order valence-electron chi connectivity index (χ4n) is 12.8. The summed E-state index contributed by atoms with van der Waals surface area (Å²) in [7, 11) is 4.78. The Bertz CT molecular complexity index is 2910. The van der Waals surface area contributed by atoms with E-state index in [0.29, 0.717) is 62.7 Å². The van der Waals surface area contributed by atoms with E-state index < -0.39 is 95.9 Å². The van der Waals surface area contributed by atoms with Crippen LogP contribution in [0.4, 0.5) is 20.1 Å². The summed E-state index contributed by atoms with van der Waals surface area (Å²) in [5.41, 5.74) is 6.43. The average Bonchev–Trinajstić information content (AvgIpc) is 1.64. The minimum absolute atomic E-state index is 0.0545. The highest BCUT2D eigenvalue weighted by Crippen LogP contribution is 2.43. The first kappa shape index (κ1) is 72.7. The van der Waals surface area contributed by atoms with Crippen molar-refractivity contribution in [1.29, 1.82) is 0 Å². The molecular formula is C66H99N11O13S. The lowest BCUT2D eigenvalue weighted by atomic mass is 9.89. The van der Waals surface area contributed by atoms with E-state index in [1.54, 1.807) is 89.0 Å². The van der Waals surface area contributed by atoms with Crippen molar-refractivity contribution >= 4 is 70.7 Å². The minimum Gasteiger partial charge on any atom is -0.445 e. The summed E-state index contributed by atoms with van der Waals surface area (Å²) in [4.78, 5) is 133. The zero-order valence-electron chi connectivity index (χ0n) is 55.3. The third-order valence-electron chi connectivity index (χ3n) is 17.7. The van der Waals surface area contributed by atoms with Crippen LogP contribution in [0.5, 0.6) is 0 Å². The molecule has 0 radical (unpaired) electrons. The van der Waals surface area contributed by atoms with Crippen LogP contribution in [0.3, 0.4) is 0 Å². The molecule has 1 aliphatic carbocycles. The molecule has 6 rings (SSSR count). The molecule has 3 heterocycles. The zero-order valence-corrected chi connectivity index (χ0v) is 56.1. The van der Waals surface area contributed by atoms with Crippen molar-refractivity contribution in [3.05, 3.63) is 82.3 Å². The number of rotatable bonds is 31. The molecule has 25 heteroatoms. The van der Waals surface area contributed by atoms with E-state index in [1.165, 1.54) is 23.3 Å². The van der Waals surface area contributed by atoms with Crippen LogP contribution in [0.1, 0.15) is 149 Å². The van der Waals surface area contributed by atoms with Crippen LogP contribution < -0.4 is 37.6 Å². The molecule has 8 N–H and O–H groups in total. The summed E-state index contributed by atoms with van der Waals surface area (Å²) in [5.74, 6) is -4.09. The molecule has 2 aliphatic heterocycles. The Hall–Kier alpha value is -7.38. The number of primary amides is 1. The van der Waals surface area contributed by atoms with Crippen molar-refractivity contribution in [3.8, 4) is 0 Å². The van der Waals surface area contributed by atoms with E-state index >= 15 is 0 Å². The Morgan fingerprint density at radius 3 is 2.11 bits per heavy atom. The van der Waals surface area contributed by atoms with Crippen LogP contribution in [0, 0.1) is 29.6 Å². The summed E-state index contributed by atoms with van der Waals surface area (Å²) < 4.78 is 23.5. The van der Waals surface area contributed by atoms with Crippen LogP contribution in [-0.2, 0) is 60.7 Å². The highest BCUT2D eigenvalue weighted by Gasteiger charge is 2.53. The number of ether oxygens (including phenoxy) is 4. The summed E-state index contributed by atoms with van der Waals surface area (Å²) in [6.45, 7) is 18.5. The second kappa shape index (κ2) is 33.8. The van der Waals surface area contributed by atoms with Crippen molar-refractivity contribution in [2.24, 2.45) is 35.3 Å². The third kappa shape index (κ3) is 20.1. The highest BCUT2D eigenvalue weighted by molar-refractivity contribution is 7.09. The van der Waals surface area contributed by atoms with Gasteiger partial charge in [0.1, 0.15) is 41.4 Å². The molecule has 3 aromatic rings. The maximum absolute atomic E-state index is 14.9. The van der Waals surface area contributed by atoms with Crippen molar-refractivity contribution in [1.82, 2.24) is 46.3 Å². The zero-order chi connectivity index (χ0) is 66.9. The largest absolute Gasteiger partial charge is 0.445 e. The third-order valence-corrected chi connectivity index (χ3v) is 18.6. The molecule has 502 valence electrons. The SMILES string of the molecule is CC[C@H](C)[C@@H]([C@@H](CC(=O)N1CCC[C@H]1[C@H](OC)[C@@H](C)C(=O)N[C@@H](Cc1ccccc1)c1nccs1)OC)N(C)C(=O)[C@@H](NC(=O)[C@@H]1[C@H]2CC[C@H](C2)N1C(=O)OCc1ccc(NC(=O)[C@H](CCCNC(N)=O)NC(=O)[C@@H](NC(=O)OC(C)(C)C)C(C)C)cc1)C(C)C. The smallest absolute Gasteiger partial charge is 0.411 e. The lowest BCUT2D eigenvalue weighted by Crippen LogP contribution is -2.60. The topological polar surface area (TPSA) is 311 Å². The summed E-state index contributed by atoms with van der Waals surface area (Å²) in [6.07, 6.45) is 3.76. The Morgan fingerprint density at radius 1 is 0.813 bits per heavy atom. The van der Waals surface area contributed by atoms with E-state index in [2.05, 4.69) is 36.9 Å². The van der Waals surface area contributed by atoms with Crippen LogP contribution in [-0.4, -0.2) is 168 Å². The number of likely N-dealkylation sites (tertiary alicyclic amines) is 2. The van der Waals surface area contributed by atoms with Gasteiger partial charge in [0.2, 0.25) is 35.4 Å². The van der Waals surface area contributed by atoms with Crippen LogP contribution in [0.2, 0.25) is 0 Å². The minimum atomic E-state index is -1.09. The molecule has 0 spiro atoms. The second-order valence-corrected chi connectivity index (χ2v) is 27.0. The number of anilines is 1. The van der Waals surface area contributed by atoms with E-state index in [1.807, 2.05) is 70.3 Å². The Labute approximate surface area is 540 Å². The number of amides is 10. The van der Waals surface area contributed by atoms with Gasteiger partial charge in [-0.15, -0.1) is 11.3 Å². The highest BCUT2D eigenvalue weighted by atomic mass is 32.1. The predicted octanol–water partition coefficient (Wildman–Crippen LogP) is 7.22. The van der Waals surface area contributed by atoms with Crippen molar-refractivity contribution < 1.29 is 62.1 Å². The van der Waals surface area contributed by atoms with Gasteiger partial charge in [-0.2, -0.15) is 0 Å².